The molecule has 2 aromatic rings. The second kappa shape index (κ2) is 9.25. The molecule has 2 atom stereocenters. The molecule has 1 unspecified atom stereocenters. The van der Waals surface area contributed by atoms with E-state index in [2.05, 4.69) is 41.5 Å². The van der Waals surface area contributed by atoms with Crippen LogP contribution in [0.4, 0.5) is 5.69 Å². The number of likely N-dealkylation sites (N-methyl/N-ethyl adjacent to an activating group) is 1. The van der Waals surface area contributed by atoms with Gasteiger partial charge < -0.3 is 19.9 Å². The lowest BCUT2D eigenvalue weighted by Crippen LogP contribution is -3.12. The maximum absolute atomic E-state index is 12.5. The highest BCUT2D eigenvalue weighted by Gasteiger charge is 2.21. The third-order valence-electron chi connectivity index (χ3n) is 4.69. The lowest BCUT2D eigenvalue weighted by Gasteiger charge is -2.21. The third-order valence-corrected chi connectivity index (χ3v) is 4.69. The van der Waals surface area contributed by atoms with Crippen molar-refractivity contribution in [3.8, 4) is 5.75 Å². The fraction of sp³-hybridized carbons (Fsp3) is 0.381. The quantitative estimate of drug-likeness (QED) is 0.753. The molecule has 0 aliphatic heterocycles. The fourth-order valence-electron chi connectivity index (χ4n) is 2.70. The molecule has 1 amide bonds. The summed E-state index contributed by atoms with van der Waals surface area (Å²) in [5.41, 5.74) is 3.46. The lowest BCUT2D eigenvalue weighted by molar-refractivity contribution is -0.908. The van der Waals surface area contributed by atoms with Crippen molar-refractivity contribution in [2.45, 2.75) is 26.1 Å². The van der Waals surface area contributed by atoms with Gasteiger partial charge in [0.1, 0.15) is 12.3 Å². The number of methoxy groups -OCH3 is 1. The van der Waals surface area contributed by atoms with Crippen LogP contribution in [-0.4, -0.2) is 40.2 Å². The van der Waals surface area contributed by atoms with Gasteiger partial charge in [0.2, 0.25) is 0 Å². The number of hydrogen-bond donors (Lipinski definition) is 2. The topological polar surface area (TPSA) is 46.0 Å². The first-order valence-corrected chi connectivity index (χ1v) is 8.90. The second-order valence-electron chi connectivity index (χ2n) is 6.87. The van der Waals surface area contributed by atoms with Gasteiger partial charge in [0.15, 0.2) is 6.04 Å². The summed E-state index contributed by atoms with van der Waals surface area (Å²) in [6.07, 6.45) is 0. The van der Waals surface area contributed by atoms with E-state index in [0.29, 0.717) is 6.54 Å². The molecular weight excluding hydrogens is 326 g/mol. The van der Waals surface area contributed by atoms with Crippen molar-refractivity contribution in [3.05, 3.63) is 59.7 Å². The van der Waals surface area contributed by atoms with Gasteiger partial charge in [-0.05, 0) is 36.8 Å². The van der Waals surface area contributed by atoms with Crippen LogP contribution >= 0.6 is 0 Å². The van der Waals surface area contributed by atoms with Crippen LogP contribution < -0.4 is 19.9 Å². The van der Waals surface area contributed by atoms with Crippen molar-refractivity contribution in [1.29, 1.82) is 0 Å². The second-order valence-corrected chi connectivity index (χ2v) is 6.87. The van der Waals surface area contributed by atoms with Crippen molar-refractivity contribution in [2.75, 3.05) is 33.2 Å². The molecule has 26 heavy (non-hydrogen) atoms. The normalized spacial score (nSPS) is 13.0. The molecule has 0 bridgehead atoms. The molecule has 0 saturated heterocycles. The molecule has 0 aliphatic carbocycles. The van der Waals surface area contributed by atoms with Crippen molar-refractivity contribution in [1.82, 2.24) is 5.32 Å². The first kappa shape index (κ1) is 19.8. The number of nitrogens with one attached hydrogen (secondary N) is 2. The number of benzene rings is 2. The van der Waals surface area contributed by atoms with Gasteiger partial charge in [0, 0.05) is 31.9 Å². The van der Waals surface area contributed by atoms with E-state index < -0.39 is 0 Å². The number of anilines is 1. The first-order chi connectivity index (χ1) is 12.4. The molecule has 2 rings (SSSR count). The number of carbonyl (C=O) groups is 1. The summed E-state index contributed by atoms with van der Waals surface area (Å²) >= 11 is 0. The number of amides is 1. The Hall–Kier alpha value is -2.53. The number of carbonyl (C=O) groups excluding carboxylic acids is 1. The highest BCUT2D eigenvalue weighted by molar-refractivity contribution is 5.79. The molecule has 0 fully saturated rings. The number of ether oxygens (including phenoxy) is 1. The van der Waals surface area contributed by atoms with E-state index in [9.17, 15) is 4.79 Å². The summed E-state index contributed by atoms with van der Waals surface area (Å²) in [6, 6.07) is 16.1. The van der Waals surface area contributed by atoms with Crippen molar-refractivity contribution in [3.63, 3.8) is 0 Å². The van der Waals surface area contributed by atoms with Crippen LogP contribution in [-0.2, 0) is 17.9 Å². The molecule has 0 saturated carbocycles. The van der Waals surface area contributed by atoms with E-state index >= 15 is 0 Å². The summed E-state index contributed by atoms with van der Waals surface area (Å²) in [5.74, 6) is 0.876. The van der Waals surface area contributed by atoms with E-state index in [0.717, 1.165) is 22.8 Å². The monoisotopic (exact) mass is 356 g/mol. The maximum Gasteiger partial charge on any atom is 0.278 e. The minimum Gasteiger partial charge on any atom is -0.497 e. The van der Waals surface area contributed by atoms with Crippen LogP contribution in [0.15, 0.2) is 48.5 Å². The van der Waals surface area contributed by atoms with Crippen molar-refractivity contribution >= 4 is 11.6 Å². The highest BCUT2D eigenvalue weighted by atomic mass is 16.5. The molecule has 0 aliphatic rings. The van der Waals surface area contributed by atoms with Crippen LogP contribution in [0.1, 0.15) is 18.1 Å². The predicted octanol–water partition coefficient (Wildman–Crippen LogP) is 1.48. The minimum atomic E-state index is -0.123. The Morgan fingerprint density at radius 2 is 1.65 bits per heavy atom. The van der Waals surface area contributed by atoms with Crippen molar-refractivity contribution < 1.29 is 14.4 Å². The summed E-state index contributed by atoms with van der Waals surface area (Å²) < 4.78 is 5.15. The average molecular weight is 356 g/mol. The Labute approximate surface area is 156 Å². The Bertz CT molecular complexity index is 696. The van der Waals surface area contributed by atoms with Crippen LogP contribution in [0.25, 0.3) is 0 Å². The standard InChI is InChI=1S/C21H29N3O2/c1-16(21(25)22-14-17-8-12-20(26-5)13-9-17)24(4)15-18-6-10-19(11-7-18)23(2)3/h6-13,16H,14-15H2,1-5H3,(H,22,25)/p+1/t16-/m1/s1. The van der Waals surface area contributed by atoms with Crippen LogP contribution in [0, 0.1) is 0 Å². The molecule has 0 heterocycles. The minimum absolute atomic E-state index is 0.0585. The molecule has 0 radical (unpaired) electrons. The molecule has 2 aromatic carbocycles. The zero-order chi connectivity index (χ0) is 19.1. The van der Waals surface area contributed by atoms with Gasteiger partial charge >= 0.3 is 0 Å². The molecular formula is C21H30N3O2+. The molecule has 140 valence electrons. The Morgan fingerprint density at radius 3 is 2.19 bits per heavy atom. The molecule has 0 aromatic heterocycles. The number of hydrogen-bond acceptors (Lipinski definition) is 3. The molecule has 0 spiro atoms. The molecule has 2 N–H and O–H groups in total. The van der Waals surface area contributed by atoms with E-state index in [4.69, 9.17) is 4.74 Å². The van der Waals surface area contributed by atoms with Gasteiger partial charge in [-0.3, -0.25) is 4.79 Å². The van der Waals surface area contributed by atoms with E-state index in [1.54, 1.807) is 7.11 Å². The number of rotatable bonds is 8. The predicted molar refractivity (Wildman–Crippen MR) is 106 cm³/mol. The van der Waals surface area contributed by atoms with Gasteiger partial charge in [-0.25, -0.2) is 0 Å². The zero-order valence-electron chi connectivity index (χ0n) is 16.4. The first-order valence-electron chi connectivity index (χ1n) is 8.90. The van der Waals surface area contributed by atoms with Gasteiger partial charge in [0.05, 0.1) is 14.2 Å². The molecule has 5 heteroatoms. The summed E-state index contributed by atoms with van der Waals surface area (Å²) in [6.45, 7) is 3.30. The van der Waals surface area contributed by atoms with E-state index in [1.807, 2.05) is 45.3 Å². The van der Waals surface area contributed by atoms with Gasteiger partial charge in [-0.1, -0.05) is 24.3 Å². The number of nitrogens with zero attached hydrogens (tertiary/aromatic N) is 1. The largest absolute Gasteiger partial charge is 0.497 e. The van der Waals surface area contributed by atoms with E-state index in [1.165, 1.54) is 11.3 Å². The van der Waals surface area contributed by atoms with Gasteiger partial charge in [-0.2, -0.15) is 0 Å². The van der Waals surface area contributed by atoms with Crippen LogP contribution in [0.3, 0.4) is 0 Å². The zero-order valence-corrected chi connectivity index (χ0v) is 16.4. The average Bonchev–Trinajstić information content (AvgIpc) is 2.66. The van der Waals surface area contributed by atoms with Gasteiger partial charge in [0.25, 0.3) is 5.91 Å². The Morgan fingerprint density at radius 1 is 1.08 bits per heavy atom. The SMILES string of the molecule is COc1ccc(CNC(=O)[C@@H](C)[NH+](C)Cc2ccc(N(C)C)cc2)cc1. The lowest BCUT2D eigenvalue weighted by atomic mass is 10.1. The smallest absolute Gasteiger partial charge is 0.278 e. The Kier molecular flexibility index (Phi) is 7.04. The summed E-state index contributed by atoms with van der Waals surface area (Å²) in [7, 11) is 7.76. The fourth-order valence-corrected chi connectivity index (χ4v) is 2.70. The Balaban J connectivity index is 1.85. The molecule has 5 nitrogen and oxygen atoms in total. The number of quaternary nitrogens is 1. The summed E-state index contributed by atoms with van der Waals surface area (Å²) in [4.78, 5) is 15.7. The highest BCUT2D eigenvalue weighted by Crippen LogP contribution is 2.12. The van der Waals surface area contributed by atoms with E-state index in [-0.39, 0.29) is 11.9 Å². The van der Waals surface area contributed by atoms with Crippen molar-refractivity contribution in [2.24, 2.45) is 0 Å². The maximum atomic E-state index is 12.5. The van der Waals surface area contributed by atoms with Gasteiger partial charge in [-0.15, -0.1) is 0 Å². The van der Waals surface area contributed by atoms with Crippen LogP contribution in [0.2, 0.25) is 0 Å². The third kappa shape index (κ3) is 5.49. The summed E-state index contributed by atoms with van der Waals surface area (Å²) in [5, 5.41) is 3.02. The van der Waals surface area contributed by atoms with Crippen LogP contribution in [0.5, 0.6) is 5.75 Å².